The van der Waals surface area contributed by atoms with Gasteiger partial charge in [-0.2, -0.15) is 0 Å². The van der Waals surface area contributed by atoms with Crippen molar-refractivity contribution in [3.05, 3.63) is 0 Å². The molecule has 0 fully saturated rings. The zero-order valence-electron chi connectivity index (χ0n) is 7.58. The minimum atomic E-state index is -1.93. The van der Waals surface area contributed by atoms with Gasteiger partial charge in [0.05, 0.1) is 12.7 Å². The first-order valence-electron chi connectivity index (χ1n) is 3.99. The van der Waals surface area contributed by atoms with Gasteiger partial charge in [-0.1, -0.05) is 13.8 Å². The minimum absolute atomic E-state index is 0.129. The maximum atomic E-state index is 12.9. The highest BCUT2D eigenvalue weighted by molar-refractivity contribution is 5.75. The van der Waals surface area contributed by atoms with Crippen molar-refractivity contribution < 1.29 is 19.0 Å². The third kappa shape index (κ3) is 3.17. The molecule has 0 heterocycles. The van der Waals surface area contributed by atoms with Crippen LogP contribution in [0.4, 0.5) is 4.39 Å². The highest BCUT2D eigenvalue weighted by Crippen LogP contribution is 2.10. The molecule has 0 bridgehead atoms. The van der Waals surface area contributed by atoms with Crippen LogP contribution in [0.1, 0.15) is 20.8 Å². The van der Waals surface area contributed by atoms with Crippen molar-refractivity contribution in [2.24, 2.45) is 5.92 Å². The van der Waals surface area contributed by atoms with E-state index in [-0.39, 0.29) is 12.5 Å². The van der Waals surface area contributed by atoms with Gasteiger partial charge in [0.25, 0.3) is 0 Å². The summed E-state index contributed by atoms with van der Waals surface area (Å²) < 4.78 is 17.3. The quantitative estimate of drug-likeness (QED) is 0.651. The third-order valence-corrected chi connectivity index (χ3v) is 1.49. The van der Waals surface area contributed by atoms with Crippen LogP contribution in [0.2, 0.25) is 0 Å². The van der Waals surface area contributed by atoms with Crippen molar-refractivity contribution in [2.45, 2.75) is 33.0 Å². The Bertz CT molecular complexity index is 147. The molecule has 3 nitrogen and oxygen atoms in total. The molecular weight excluding hydrogens is 163 g/mol. The van der Waals surface area contributed by atoms with Gasteiger partial charge in [-0.3, -0.25) is 0 Å². The van der Waals surface area contributed by atoms with Gasteiger partial charge >= 0.3 is 5.97 Å². The molecule has 0 aliphatic heterocycles. The number of aliphatic hydroxyl groups is 1. The van der Waals surface area contributed by atoms with Gasteiger partial charge in [0.1, 0.15) is 0 Å². The first-order chi connectivity index (χ1) is 5.50. The Balaban J connectivity index is 4.00. The number of esters is 1. The summed E-state index contributed by atoms with van der Waals surface area (Å²) in [5.41, 5.74) is 0. The van der Waals surface area contributed by atoms with Crippen LogP contribution in [0.3, 0.4) is 0 Å². The lowest BCUT2D eigenvalue weighted by molar-refractivity contribution is -0.154. The Morgan fingerprint density at radius 2 is 2.08 bits per heavy atom. The number of halogens is 1. The van der Waals surface area contributed by atoms with Crippen molar-refractivity contribution in [1.82, 2.24) is 0 Å². The molecule has 1 N–H and O–H groups in total. The van der Waals surface area contributed by atoms with Crippen molar-refractivity contribution >= 4 is 5.97 Å². The topological polar surface area (TPSA) is 46.5 Å². The number of rotatable bonds is 4. The maximum Gasteiger partial charge on any atom is 0.343 e. The van der Waals surface area contributed by atoms with Crippen LogP contribution in [-0.4, -0.2) is 30.0 Å². The molecule has 0 aromatic heterocycles. The Morgan fingerprint density at radius 1 is 1.58 bits per heavy atom. The first kappa shape index (κ1) is 11.4. The lowest BCUT2D eigenvalue weighted by Crippen LogP contribution is -2.35. The molecule has 12 heavy (non-hydrogen) atoms. The third-order valence-electron chi connectivity index (χ3n) is 1.49. The second-order valence-electron chi connectivity index (χ2n) is 2.89. The summed E-state index contributed by atoms with van der Waals surface area (Å²) in [5, 5.41) is 9.12. The molecule has 0 radical (unpaired) electrons. The van der Waals surface area contributed by atoms with Crippen molar-refractivity contribution in [3.8, 4) is 0 Å². The van der Waals surface area contributed by atoms with Crippen LogP contribution >= 0.6 is 0 Å². The summed E-state index contributed by atoms with van der Waals surface area (Å²) in [6, 6.07) is 0. The van der Waals surface area contributed by atoms with Gasteiger partial charge < -0.3 is 9.84 Å². The lowest BCUT2D eigenvalue weighted by atomic mass is 10.0. The molecule has 0 aromatic rings. The maximum absolute atomic E-state index is 12.9. The van der Waals surface area contributed by atoms with E-state index in [4.69, 9.17) is 5.11 Å². The van der Waals surface area contributed by atoms with E-state index in [2.05, 4.69) is 4.74 Å². The summed E-state index contributed by atoms with van der Waals surface area (Å²) in [7, 11) is 0. The van der Waals surface area contributed by atoms with E-state index in [9.17, 15) is 9.18 Å². The molecule has 0 aliphatic carbocycles. The van der Waals surface area contributed by atoms with Gasteiger partial charge in [0.2, 0.25) is 6.17 Å². The fourth-order valence-corrected chi connectivity index (χ4v) is 0.699. The van der Waals surface area contributed by atoms with Crippen LogP contribution in [-0.2, 0) is 9.53 Å². The van der Waals surface area contributed by atoms with E-state index in [1.807, 2.05) is 0 Å². The fourth-order valence-electron chi connectivity index (χ4n) is 0.699. The molecule has 0 aliphatic rings. The SMILES string of the molecule is CCOC(=O)[C@H](F)[C@@H](O)C(C)C. The molecule has 0 aromatic carbocycles. The van der Waals surface area contributed by atoms with Crippen molar-refractivity contribution in [2.75, 3.05) is 6.61 Å². The summed E-state index contributed by atoms with van der Waals surface area (Å²) in [6.07, 6.45) is -3.20. The smallest absolute Gasteiger partial charge is 0.343 e. The number of alkyl halides is 1. The van der Waals surface area contributed by atoms with Gasteiger partial charge in [-0.05, 0) is 12.8 Å². The Morgan fingerprint density at radius 3 is 2.42 bits per heavy atom. The average molecular weight is 178 g/mol. The van der Waals surface area contributed by atoms with Gasteiger partial charge in [-0.25, -0.2) is 9.18 Å². The molecule has 0 rings (SSSR count). The van der Waals surface area contributed by atoms with Gasteiger partial charge in [0, 0.05) is 0 Å². The monoisotopic (exact) mass is 178 g/mol. The molecule has 72 valence electrons. The number of ether oxygens (including phenoxy) is 1. The first-order valence-corrected chi connectivity index (χ1v) is 3.99. The molecule has 0 saturated carbocycles. The summed E-state index contributed by atoms with van der Waals surface area (Å²) >= 11 is 0. The van der Waals surface area contributed by atoms with Crippen LogP contribution in [0.25, 0.3) is 0 Å². The molecule has 0 spiro atoms. The summed E-state index contributed by atoms with van der Waals surface area (Å²) in [5.74, 6) is -1.27. The zero-order valence-corrected chi connectivity index (χ0v) is 7.58. The summed E-state index contributed by atoms with van der Waals surface area (Å²) in [6.45, 7) is 4.99. The number of hydrogen-bond acceptors (Lipinski definition) is 3. The van der Waals surface area contributed by atoms with Gasteiger partial charge in [0.15, 0.2) is 0 Å². The van der Waals surface area contributed by atoms with Crippen molar-refractivity contribution in [1.29, 1.82) is 0 Å². The number of carbonyl (C=O) groups is 1. The minimum Gasteiger partial charge on any atom is -0.464 e. The highest BCUT2D eigenvalue weighted by Gasteiger charge is 2.29. The number of aliphatic hydroxyl groups excluding tert-OH is 1. The van der Waals surface area contributed by atoms with E-state index in [0.29, 0.717) is 0 Å². The van der Waals surface area contributed by atoms with Crippen LogP contribution in [0.15, 0.2) is 0 Å². The molecule has 0 unspecified atom stereocenters. The molecule has 0 saturated heterocycles. The largest absolute Gasteiger partial charge is 0.464 e. The second-order valence-corrected chi connectivity index (χ2v) is 2.89. The van der Waals surface area contributed by atoms with E-state index in [1.165, 1.54) is 0 Å². The van der Waals surface area contributed by atoms with E-state index in [0.717, 1.165) is 0 Å². The molecule has 0 amide bonds. The number of hydrogen-bond donors (Lipinski definition) is 1. The zero-order chi connectivity index (χ0) is 9.72. The summed E-state index contributed by atoms with van der Waals surface area (Å²) in [4.78, 5) is 10.7. The van der Waals surface area contributed by atoms with Crippen molar-refractivity contribution in [3.63, 3.8) is 0 Å². The second kappa shape index (κ2) is 5.09. The standard InChI is InChI=1S/C8H15FO3/c1-4-12-8(11)6(9)7(10)5(2)3/h5-7,10H,4H2,1-3H3/t6-,7+/m1/s1. The molecule has 2 atom stereocenters. The molecular formula is C8H15FO3. The normalized spacial score (nSPS) is 15.8. The van der Waals surface area contributed by atoms with Crippen LogP contribution in [0, 0.1) is 5.92 Å². The Labute approximate surface area is 71.5 Å². The van der Waals surface area contributed by atoms with Crippen LogP contribution < -0.4 is 0 Å². The van der Waals surface area contributed by atoms with Gasteiger partial charge in [-0.15, -0.1) is 0 Å². The predicted octanol–water partition coefficient (Wildman–Crippen LogP) is 0.905. The average Bonchev–Trinajstić information content (AvgIpc) is 2.02. The lowest BCUT2D eigenvalue weighted by Gasteiger charge is -2.17. The van der Waals surface area contributed by atoms with Crippen LogP contribution in [0.5, 0.6) is 0 Å². The Hall–Kier alpha value is -0.640. The van der Waals surface area contributed by atoms with E-state index in [1.54, 1.807) is 20.8 Å². The van der Waals surface area contributed by atoms with E-state index >= 15 is 0 Å². The highest BCUT2D eigenvalue weighted by atomic mass is 19.1. The fraction of sp³-hybridized carbons (Fsp3) is 0.875. The van der Waals surface area contributed by atoms with E-state index < -0.39 is 18.2 Å². The predicted molar refractivity (Wildman–Crippen MR) is 42.4 cm³/mol. The Kier molecular flexibility index (Phi) is 4.81. The molecule has 4 heteroatoms. The number of carbonyl (C=O) groups excluding carboxylic acids is 1.